The Balaban J connectivity index is 1.68. The van der Waals surface area contributed by atoms with Crippen LogP contribution in [0.25, 0.3) is 0 Å². The average molecular weight is 443 g/mol. The number of fused-ring (bicyclic) bond motifs is 1. The second kappa shape index (κ2) is 8.08. The molecule has 0 spiro atoms. The van der Waals surface area contributed by atoms with E-state index in [1.165, 1.54) is 28.0 Å². The lowest BCUT2D eigenvalue weighted by Gasteiger charge is -2.43. The van der Waals surface area contributed by atoms with Crippen molar-refractivity contribution in [3.63, 3.8) is 0 Å². The number of aliphatic carboxylic acids is 1. The van der Waals surface area contributed by atoms with Crippen molar-refractivity contribution >= 4 is 52.7 Å². The largest absolute Gasteiger partial charge is 0.477 e. The summed E-state index contributed by atoms with van der Waals surface area (Å²) in [5.74, 6) is -0.447. The molecule has 1 N–H and O–H groups in total. The van der Waals surface area contributed by atoms with E-state index in [4.69, 9.17) is 4.74 Å². The second-order valence-corrected chi connectivity index (χ2v) is 11.0. The van der Waals surface area contributed by atoms with E-state index in [0.717, 1.165) is 20.5 Å². The molecule has 1 aromatic heterocycles. The summed E-state index contributed by atoms with van der Waals surface area (Å²) in [5.41, 5.74) is 1.10. The van der Waals surface area contributed by atoms with Crippen LogP contribution < -0.4 is 0 Å². The molecule has 2 aliphatic rings. The fourth-order valence-corrected chi connectivity index (χ4v) is 6.50. The summed E-state index contributed by atoms with van der Waals surface area (Å²) < 4.78 is 6.13. The molecule has 3 rings (SSSR count). The number of aromatic nitrogens is 1. The molecule has 1 saturated heterocycles. The number of carboxylic acids is 1. The van der Waals surface area contributed by atoms with Crippen LogP contribution in [-0.2, 0) is 25.5 Å². The van der Waals surface area contributed by atoms with Gasteiger partial charge in [-0.1, -0.05) is 11.8 Å². The summed E-state index contributed by atoms with van der Waals surface area (Å²) in [5, 5.41) is 9.50. The number of esters is 1. The van der Waals surface area contributed by atoms with Gasteiger partial charge in [0.25, 0.3) is 0 Å². The Kier molecular flexibility index (Phi) is 6.11. The van der Waals surface area contributed by atoms with Gasteiger partial charge in [-0.3, -0.25) is 14.5 Å². The maximum atomic E-state index is 12.1. The van der Waals surface area contributed by atoms with Crippen LogP contribution >= 0.6 is 34.9 Å². The predicted octanol–water partition coefficient (Wildman–Crippen LogP) is 3.07. The van der Waals surface area contributed by atoms with Crippen LogP contribution in [0.5, 0.6) is 0 Å². The van der Waals surface area contributed by atoms with Crippen molar-refractivity contribution < 1.29 is 24.2 Å². The van der Waals surface area contributed by atoms with Gasteiger partial charge in [-0.05, 0) is 33.3 Å². The Bertz CT molecular complexity index is 856. The van der Waals surface area contributed by atoms with Crippen molar-refractivity contribution in [2.45, 2.75) is 55.9 Å². The predicted molar refractivity (Wildman–Crippen MR) is 109 cm³/mol. The van der Waals surface area contributed by atoms with Crippen molar-refractivity contribution in [3.05, 3.63) is 21.8 Å². The molecule has 10 heteroatoms. The van der Waals surface area contributed by atoms with Gasteiger partial charge < -0.3 is 9.84 Å². The molecule has 7 nitrogen and oxygen atoms in total. The number of ether oxygens (including phenoxy) is 1. The first-order valence-electron chi connectivity index (χ1n) is 8.75. The number of carboxylic acid groups (broad SMARTS) is 1. The van der Waals surface area contributed by atoms with Gasteiger partial charge in [0.15, 0.2) is 4.34 Å². The number of β-lactam (4-membered cyclic amide) rings is 1. The SMILES string of the molecule is Cc1nc(SCC2=C(C(=O)O)N3C(=O)C[C@@H]3SC2)sc1CC(=O)OC(C)(C)C. The molecule has 1 atom stereocenters. The van der Waals surface area contributed by atoms with Crippen LogP contribution in [0.4, 0.5) is 0 Å². The highest BCUT2D eigenvalue weighted by Crippen LogP contribution is 2.41. The number of aryl methyl sites for hydroxylation is 1. The zero-order valence-electron chi connectivity index (χ0n) is 16.1. The average Bonchev–Trinajstić information content (AvgIpc) is 2.89. The number of nitrogens with zero attached hydrogens (tertiary/aromatic N) is 2. The van der Waals surface area contributed by atoms with E-state index in [2.05, 4.69) is 4.98 Å². The van der Waals surface area contributed by atoms with E-state index < -0.39 is 11.6 Å². The Morgan fingerprint density at radius 3 is 2.71 bits per heavy atom. The summed E-state index contributed by atoms with van der Waals surface area (Å²) >= 11 is 4.45. The molecule has 3 heterocycles. The molecule has 0 unspecified atom stereocenters. The van der Waals surface area contributed by atoms with E-state index in [1.54, 1.807) is 11.8 Å². The monoisotopic (exact) mass is 442 g/mol. The van der Waals surface area contributed by atoms with Crippen LogP contribution in [0, 0.1) is 6.92 Å². The maximum Gasteiger partial charge on any atom is 0.352 e. The maximum absolute atomic E-state index is 12.1. The molecular formula is C18H22N2O5S3. The number of hydrogen-bond donors (Lipinski definition) is 1. The van der Waals surface area contributed by atoms with Gasteiger partial charge in [0, 0.05) is 16.4 Å². The number of thiazole rings is 1. The van der Waals surface area contributed by atoms with E-state index in [-0.39, 0.29) is 29.4 Å². The highest BCUT2D eigenvalue weighted by atomic mass is 32.2. The number of thioether (sulfide) groups is 2. The van der Waals surface area contributed by atoms with E-state index >= 15 is 0 Å². The highest BCUT2D eigenvalue weighted by Gasteiger charge is 2.45. The fraction of sp³-hybridized carbons (Fsp3) is 0.556. The molecule has 2 aliphatic heterocycles. The molecule has 0 radical (unpaired) electrons. The number of hydrogen-bond acceptors (Lipinski definition) is 8. The topological polar surface area (TPSA) is 96.8 Å². The summed E-state index contributed by atoms with van der Waals surface area (Å²) in [6.45, 7) is 7.33. The van der Waals surface area contributed by atoms with Crippen molar-refractivity contribution in [2.24, 2.45) is 0 Å². The molecule has 152 valence electrons. The molecule has 1 amide bonds. The van der Waals surface area contributed by atoms with Gasteiger partial charge in [-0.15, -0.1) is 23.1 Å². The van der Waals surface area contributed by atoms with Gasteiger partial charge in [-0.2, -0.15) is 0 Å². The zero-order valence-corrected chi connectivity index (χ0v) is 18.6. The molecule has 28 heavy (non-hydrogen) atoms. The van der Waals surface area contributed by atoms with Crippen molar-refractivity contribution in [1.29, 1.82) is 0 Å². The Morgan fingerprint density at radius 1 is 1.39 bits per heavy atom. The summed E-state index contributed by atoms with van der Waals surface area (Å²) in [6.07, 6.45) is 0.575. The third kappa shape index (κ3) is 4.72. The van der Waals surface area contributed by atoms with E-state index in [0.29, 0.717) is 17.9 Å². The molecule has 0 saturated carbocycles. The van der Waals surface area contributed by atoms with Crippen molar-refractivity contribution in [2.75, 3.05) is 11.5 Å². The van der Waals surface area contributed by atoms with Gasteiger partial charge in [0.2, 0.25) is 5.91 Å². The number of carbonyl (C=O) groups excluding carboxylic acids is 2. The Morgan fingerprint density at radius 2 is 2.11 bits per heavy atom. The minimum Gasteiger partial charge on any atom is -0.477 e. The molecule has 1 aromatic rings. The molecular weight excluding hydrogens is 420 g/mol. The summed E-state index contributed by atoms with van der Waals surface area (Å²) in [6, 6.07) is 0. The number of rotatable bonds is 6. The summed E-state index contributed by atoms with van der Waals surface area (Å²) in [7, 11) is 0. The third-order valence-electron chi connectivity index (χ3n) is 4.10. The summed E-state index contributed by atoms with van der Waals surface area (Å²) in [4.78, 5) is 42.3. The lowest BCUT2D eigenvalue weighted by atomic mass is 10.1. The lowest BCUT2D eigenvalue weighted by Crippen LogP contribution is -2.54. The third-order valence-corrected chi connectivity index (χ3v) is 7.77. The van der Waals surface area contributed by atoms with Crippen molar-refractivity contribution in [1.82, 2.24) is 9.88 Å². The normalized spacial score (nSPS) is 19.4. The lowest BCUT2D eigenvalue weighted by molar-refractivity contribution is -0.153. The number of carbonyl (C=O) groups is 3. The number of amides is 1. The zero-order chi connectivity index (χ0) is 20.6. The van der Waals surface area contributed by atoms with E-state index in [1.807, 2.05) is 27.7 Å². The van der Waals surface area contributed by atoms with Crippen LogP contribution in [0.3, 0.4) is 0 Å². The Hall–Kier alpha value is -1.52. The van der Waals surface area contributed by atoms with Crippen LogP contribution in [0.1, 0.15) is 37.8 Å². The molecule has 1 fully saturated rings. The molecule has 0 bridgehead atoms. The fourth-order valence-electron chi connectivity index (χ4n) is 2.87. The van der Waals surface area contributed by atoms with Crippen molar-refractivity contribution in [3.8, 4) is 0 Å². The van der Waals surface area contributed by atoms with E-state index in [9.17, 15) is 19.5 Å². The van der Waals surface area contributed by atoms with Crippen LogP contribution in [0.2, 0.25) is 0 Å². The van der Waals surface area contributed by atoms with Gasteiger partial charge >= 0.3 is 11.9 Å². The van der Waals surface area contributed by atoms with Gasteiger partial charge in [0.1, 0.15) is 11.3 Å². The molecule has 0 aliphatic carbocycles. The second-order valence-electron chi connectivity index (χ2n) is 7.53. The van der Waals surface area contributed by atoms with Gasteiger partial charge in [0.05, 0.1) is 23.9 Å². The van der Waals surface area contributed by atoms with Crippen LogP contribution in [-0.4, -0.2) is 55.3 Å². The molecule has 0 aromatic carbocycles. The first-order chi connectivity index (χ1) is 13.0. The first-order valence-corrected chi connectivity index (χ1v) is 11.6. The minimum absolute atomic E-state index is 0.0464. The smallest absolute Gasteiger partial charge is 0.352 e. The highest BCUT2D eigenvalue weighted by molar-refractivity contribution is 8.01. The first kappa shape index (κ1) is 21.2. The van der Waals surface area contributed by atoms with Crippen LogP contribution in [0.15, 0.2) is 15.6 Å². The Labute approximate surface area is 175 Å². The standard InChI is InChI=1S/C18H22N2O5S3/c1-9-11(5-14(22)25-18(2,3)4)28-17(19-9)27-8-10-7-26-13-6-12(21)20(13)15(10)16(23)24/h13H,5-8H2,1-4H3,(H,23,24)/t13-/m0/s1. The quantitative estimate of drug-likeness (QED) is 0.408. The minimum atomic E-state index is -1.06. The van der Waals surface area contributed by atoms with Gasteiger partial charge in [-0.25, -0.2) is 9.78 Å².